The number of rotatable bonds is 6. The lowest BCUT2D eigenvalue weighted by Gasteiger charge is -2.16. The molecule has 2 amide bonds. The molecule has 1 unspecified atom stereocenters. The van der Waals surface area contributed by atoms with Crippen molar-refractivity contribution in [2.75, 3.05) is 6.54 Å². The first-order valence-corrected chi connectivity index (χ1v) is 8.28. The number of carbonyl (C=O) groups excluding carboxylic acids is 2. The van der Waals surface area contributed by atoms with Gasteiger partial charge in [0.15, 0.2) is 0 Å². The summed E-state index contributed by atoms with van der Waals surface area (Å²) in [5.74, 6) is -0.702. The lowest BCUT2D eigenvalue weighted by atomic mass is 10.2. The first-order valence-electron chi connectivity index (χ1n) is 7.33. The Morgan fingerprint density at radius 3 is 2.79 bits per heavy atom. The second-order valence-corrected chi connectivity index (χ2v) is 5.82. The van der Waals surface area contributed by atoms with Gasteiger partial charge in [-0.05, 0) is 40.6 Å². The standard InChI is InChI=1S/C16H16N4O3S/c21-15(17-9-12-4-8-24-11-12)16(22)18-10-13(14-3-1-7-23-14)20-6-2-5-19-20/h1-8,11,13H,9-10H2,(H,17,21)(H,18,22). The summed E-state index contributed by atoms with van der Waals surface area (Å²) in [6.45, 7) is 0.524. The first kappa shape index (κ1) is 16.0. The van der Waals surface area contributed by atoms with Crippen LogP contribution in [0.15, 0.2) is 58.1 Å². The summed E-state index contributed by atoms with van der Waals surface area (Å²) in [6.07, 6.45) is 4.97. The second-order valence-electron chi connectivity index (χ2n) is 5.04. The smallest absolute Gasteiger partial charge is 0.309 e. The number of thiophene rings is 1. The van der Waals surface area contributed by atoms with Gasteiger partial charge in [-0.1, -0.05) is 0 Å². The molecule has 0 saturated carbocycles. The third kappa shape index (κ3) is 3.90. The minimum Gasteiger partial charge on any atom is -0.467 e. The zero-order chi connectivity index (χ0) is 16.8. The van der Waals surface area contributed by atoms with Crippen molar-refractivity contribution >= 4 is 23.2 Å². The molecule has 0 radical (unpaired) electrons. The molecule has 124 valence electrons. The monoisotopic (exact) mass is 344 g/mol. The van der Waals surface area contributed by atoms with E-state index >= 15 is 0 Å². The average molecular weight is 344 g/mol. The molecule has 3 aromatic rings. The van der Waals surface area contributed by atoms with E-state index in [1.165, 1.54) is 11.3 Å². The van der Waals surface area contributed by atoms with Gasteiger partial charge in [-0.25, -0.2) is 0 Å². The predicted molar refractivity (Wildman–Crippen MR) is 88.2 cm³/mol. The first-order chi connectivity index (χ1) is 11.7. The lowest BCUT2D eigenvalue weighted by molar-refractivity contribution is -0.139. The maximum absolute atomic E-state index is 12.0. The van der Waals surface area contributed by atoms with Gasteiger partial charge in [0, 0.05) is 25.5 Å². The molecule has 0 aliphatic rings. The van der Waals surface area contributed by atoms with Crippen molar-refractivity contribution in [3.63, 3.8) is 0 Å². The highest BCUT2D eigenvalue weighted by molar-refractivity contribution is 7.07. The van der Waals surface area contributed by atoms with Crippen molar-refractivity contribution in [3.05, 3.63) is 65.0 Å². The minimum atomic E-state index is -0.686. The van der Waals surface area contributed by atoms with Gasteiger partial charge in [0.25, 0.3) is 0 Å². The highest BCUT2D eigenvalue weighted by atomic mass is 32.1. The molecule has 3 heterocycles. The van der Waals surface area contributed by atoms with Gasteiger partial charge in [-0.3, -0.25) is 14.3 Å². The molecule has 0 aliphatic heterocycles. The maximum Gasteiger partial charge on any atom is 0.309 e. The molecule has 3 aromatic heterocycles. The minimum absolute atomic E-state index is 0.194. The SMILES string of the molecule is O=C(NCc1ccsc1)C(=O)NCC(c1ccco1)n1cccn1. The van der Waals surface area contributed by atoms with Crippen LogP contribution >= 0.6 is 11.3 Å². The van der Waals surface area contributed by atoms with Crippen molar-refractivity contribution in [2.24, 2.45) is 0 Å². The average Bonchev–Trinajstić information content (AvgIpc) is 3.35. The topological polar surface area (TPSA) is 89.2 Å². The third-order valence-corrected chi connectivity index (χ3v) is 4.14. The van der Waals surface area contributed by atoms with Crippen molar-refractivity contribution in [2.45, 2.75) is 12.6 Å². The number of aromatic nitrogens is 2. The number of nitrogens with one attached hydrogen (secondary N) is 2. The number of nitrogens with zero attached hydrogens (tertiary/aromatic N) is 2. The van der Waals surface area contributed by atoms with E-state index in [1.54, 1.807) is 41.5 Å². The molecule has 7 nitrogen and oxygen atoms in total. The van der Waals surface area contributed by atoms with Crippen LogP contribution in [-0.4, -0.2) is 28.1 Å². The second kappa shape index (κ2) is 7.60. The molecule has 8 heteroatoms. The molecule has 2 N–H and O–H groups in total. The quantitative estimate of drug-likeness (QED) is 0.664. The number of furan rings is 1. The molecule has 3 rings (SSSR count). The van der Waals surface area contributed by atoms with Crippen LogP contribution in [0.2, 0.25) is 0 Å². The van der Waals surface area contributed by atoms with E-state index in [0.29, 0.717) is 12.3 Å². The van der Waals surface area contributed by atoms with Gasteiger partial charge >= 0.3 is 11.8 Å². The summed E-state index contributed by atoms with van der Waals surface area (Å²) >= 11 is 1.54. The summed E-state index contributed by atoms with van der Waals surface area (Å²) in [4.78, 5) is 23.8. The van der Waals surface area contributed by atoms with E-state index in [1.807, 2.05) is 16.8 Å². The zero-order valence-corrected chi connectivity index (χ0v) is 13.5. The molecular formula is C16H16N4O3S. The molecule has 24 heavy (non-hydrogen) atoms. The van der Waals surface area contributed by atoms with Crippen LogP contribution in [0.5, 0.6) is 0 Å². The van der Waals surface area contributed by atoms with Gasteiger partial charge < -0.3 is 15.1 Å². The summed E-state index contributed by atoms with van der Waals surface area (Å²) in [5, 5.41) is 13.2. The van der Waals surface area contributed by atoms with Gasteiger partial charge in [0.1, 0.15) is 11.8 Å². The van der Waals surface area contributed by atoms with Crippen LogP contribution in [0, 0.1) is 0 Å². The van der Waals surface area contributed by atoms with Crippen LogP contribution in [0.4, 0.5) is 0 Å². The number of amides is 2. The van der Waals surface area contributed by atoms with Crippen molar-refractivity contribution in [3.8, 4) is 0 Å². The summed E-state index contributed by atoms with van der Waals surface area (Å²) in [6, 6.07) is 6.93. The Hall–Kier alpha value is -2.87. The van der Waals surface area contributed by atoms with Gasteiger partial charge in [0.2, 0.25) is 0 Å². The Kier molecular flexibility index (Phi) is 5.07. The number of hydrogen-bond donors (Lipinski definition) is 2. The molecule has 0 spiro atoms. The fraction of sp³-hybridized carbons (Fsp3) is 0.188. The normalized spacial score (nSPS) is 11.8. The number of hydrogen-bond acceptors (Lipinski definition) is 5. The molecule has 0 aromatic carbocycles. The number of carbonyl (C=O) groups is 2. The van der Waals surface area contributed by atoms with Gasteiger partial charge in [-0.15, -0.1) is 0 Å². The maximum atomic E-state index is 12.0. The van der Waals surface area contributed by atoms with Crippen LogP contribution in [0.1, 0.15) is 17.4 Å². The zero-order valence-electron chi connectivity index (χ0n) is 12.7. The lowest BCUT2D eigenvalue weighted by Crippen LogP contribution is -2.41. The van der Waals surface area contributed by atoms with E-state index in [9.17, 15) is 9.59 Å². The molecular weight excluding hydrogens is 328 g/mol. The van der Waals surface area contributed by atoms with Gasteiger partial charge in [-0.2, -0.15) is 16.4 Å². The predicted octanol–water partition coefficient (Wildman–Crippen LogP) is 1.56. The van der Waals surface area contributed by atoms with E-state index in [2.05, 4.69) is 15.7 Å². The Bertz CT molecular complexity index is 732. The van der Waals surface area contributed by atoms with Crippen molar-refractivity contribution in [1.29, 1.82) is 0 Å². The molecule has 0 aliphatic carbocycles. The highest BCUT2D eigenvalue weighted by Gasteiger charge is 2.20. The van der Waals surface area contributed by atoms with Crippen LogP contribution < -0.4 is 10.6 Å². The molecule has 0 bridgehead atoms. The van der Waals surface area contributed by atoms with Crippen LogP contribution in [0.3, 0.4) is 0 Å². The summed E-state index contributed by atoms with van der Waals surface area (Å²) in [5.41, 5.74) is 0.964. The van der Waals surface area contributed by atoms with E-state index < -0.39 is 11.8 Å². The van der Waals surface area contributed by atoms with E-state index in [-0.39, 0.29) is 12.6 Å². The van der Waals surface area contributed by atoms with E-state index in [0.717, 1.165) is 5.56 Å². The molecule has 0 fully saturated rings. The Morgan fingerprint density at radius 2 is 2.12 bits per heavy atom. The van der Waals surface area contributed by atoms with Crippen LogP contribution in [0.25, 0.3) is 0 Å². The summed E-state index contributed by atoms with van der Waals surface area (Å²) < 4.78 is 7.07. The molecule has 0 saturated heterocycles. The van der Waals surface area contributed by atoms with E-state index in [4.69, 9.17) is 4.42 Å². The largest absolute Gasteiger partial charge is 0.467 e. The molecule has 1 atom stereocenters. The van der Waals surface area contributed by atoms with Crippen LogP contribution in [-0.2, 0) is 16.1 Å². The Labute approximate surface area is 142 Å². The third-order valence-electron chi connectivity index (χ3n) is 3.41. The van der Waals surface area contributed by atoms with Crippen molar-refractivity contribution in [1.82, 2.24) is 20.4 Å². The fourth-order valence-corrected chi connectivity index (χ4v) is 2.86. The highest BCUT2D eigenvalue weighted by Crippen LogP contribution is 2.17. The van der Waals surface area contributed by atoms with Gasteiger partial charge in [0.05, 0.1) is 6.26 Å². The van der Waals surface area contributed by atoms with Crippen molar-refractivity contribution < 1.29 is 14.0 Å². The summed E-state index contributed by atoms with van der Waals surface area (Å²) in [7, 11) is 0. The fourth-order valence-electron chi connectivity index (χ4n) is 2.20. The Balaban J connectivity index is 1.56. The Morgan fingerprint density at radius 1 is 1.25 bits per heavy atom.